The molecule has 0 radical (unpaired) electrons. The van der Waals surface area contributed by atoms with E-state index in [2.05, 4.69) is 0 Å². The van der Waals surface area contributed by atoms with Crippen LogP contribution >= 0.6 is 0 Å². The van der Waals surface area contributed by atoms with Gasteiger partial charge in [-0.15, -0.1) is 0 Å². The minimum absolute atomic E-state index is 0.141. The van der Waals surface area contributed by atoms with E-state index < -0.39 is 5.97 Å². The third-order valence-electron chi connectivity index (χ3n) is 2.75. The van der Waals surface area contributed by atoms with Crippen LogP contribution in [-0.2, 0) is 16.1 Å². The van der Waals surface area contributed by atoms with Gasteiger partial charge in [-0.2, -0.15) is 0 Å². The Hall–Kier alpha value is -1.39. The van der Waals surface area contributed by atoms with Crippen molar-refractivity contribution in [3.8, 4) is 0 Å². The average molecular weight is 236 g/mol. The summed E-state index contributed by atoms with van der Waals surface area (Å²) in [6.45, 7) is 1.14. The number of hydrogen-bond acceptors (Lipinski definition) is 3. The maximum atomic E-state index is 10.8. The van der Waals surface area contributed by atoms with Crippen molar-refractivity contribution < 1.29 is 19.4 Å². The first-order valence-electron chi connectivity index (χ1n) is 5.81. The highest BCUT2D eigenvalue weighted by molar-refractivity contribution is 5.87. The minimum atomic E-state index is -0.916. The molecule has 1 saturated heterocycles. The molecular formula is C13H16O4. The molecule has 1 atom stereocenters. The van der Waals surface area contributed by atoms with Gasteiger partial charge >= 0.3 is 5.97 Å². The molecule has 0 spiro atoms. The molecule has 2 rings (SSSR count). The van der Waals surface area contributed by atoms with Gasteiger partial charge in [-0.1, -0.05) is 12.1 Å². The maximum Gasteiger partial charge on any atom is 0.335 e. The number of carboxylic acid groups (broad SMARTS) is 1. The molecule has 1 fully saturated rings. The fraction of sp³-hybridized carbons (Fsp3) is 0.462. The van der Waals surface area contributed by atoms with Crippen LogP contribution in [0.3, 0.4) is 0 Å². The van der Waals surface area contributed by atoms with Gasteiger partial charge < -0.3 is 14.6 Å². The monoisotopic (exact) mass is 236 g/mol. The first-order valence-corrected chi connectivity index (χ1v) is 5.81. The molecule has 4 heteroatoms. The molecule has 17 heavy (non-hydrogen) atoms. The van der Waals surface area contributed by atoms with E-state index in [1.54, 1.807) is 18.2 Å². The van der Waals surface area contributed by atoms with Crippen molar-refractivity contribution in [1.82, 2.24) is 0 Å². The summed E-state index contributed by atoms with van der Waals surface area (Å²) in [6.07, 6.45) is 2.99. The van der Waals surface area contributed by atoms with Crippen molar-refractivity contribution in [2.45, 2.75) is 32.2 Å². The van der Waals surface area contributed by atoms with Crippen LogP contribution in [0.1, 0.15) is 35.2 Å². The van der Waals surface area contributed by atoms with Crippen LogP contribution in [0.15, 0.2) is 24.3 Å². The Labute approximate surface area is 100 Å². The molecule has 1 N–H and O–H groups in total. The zero-order chi connectivity index (χ0) is 12.1. The lowest BCUT2D eigenvalue weighted by Gasteiger charge is -2.22. The fourth-order valence-corrected chi connectivity index (χ4v) is 1.83. The SMILES string of the molecule is O=C(O)c1cccc(COC2CCCCO2)c1. The zero-order valence-electron chi connectivity index (χ0n) is 9.59. The molecule has 1 aromatic carbocycles. The van der Waals surface area contributed by atoms with E-state index in [4.69, 9.17) is 14.6 Å². The Balaban J connectivity index is 1.89. The Morgan fingerprint density at radius 1 is 1.47 bits per heavy atom. The van der Waals surface area contributed by atoms with Crippen molar-refractivity contribution in [2.24, 2.45) is 0 Å². The van der Waals surface area contributed by atoms with E-state index in [0.717, 1.165) is 31.4 Å². The van der Waals surface area contributed by atoms with Crippen LogP contribution in [0.25, 0.3) is 0 Å². The summed E-state index contributed by atoms with van der Waals surface area (Å²) in [5.74, 6) is -0.916. The number of hydrogen-bond donors (Lipinski definition) is 1. The van der Waals surface area contributed by atoms with E-state index in [-0.39, 0.29) is 11.9 Å². The van der Waals surface area contributed by atoms with Crippen molar-refractivity contribution >= 4 is 5.97 Å². The molecule has 0 aromatic heterocycles. The average Bonchev–Trinajstić information content (AvgIpc) is 2.38. The Kier molecular flexibility index (Phi) is 4.12. The molecule has 0 saturated carbocycles. The Morgan fingerprint density at radius 2 is 2.35 bits per heavy atom. The molecule has 0 bridgehead atoms. The summed E-state index contributed by atoms with van der Waals surface area (Å²) in [5.41, 5.74) is 1.15. The number of aromatic carboxylic acids is 1. The van der Waals surface area contributed by atoms with Crippen molar-refractivity contribution in [2.75, 3.05) is 6.61 Å². The summed E-state index contributed by atoms with van der Waals surface area (Å²) in [4.78, 5) is 10.8. The van der Waals surface area contributed by atoms with Crippen LogP contribution in [0.2, 0.25) is 0 Å². The van der Waals surface area contributed by atoms with Gasteiger partial charge in [0.1, 0.15) is 0 Å². The quantitative estimate of drug-likeness (QED) is 0.872. The van der Waals surface area contributed by atoms with Gasteiger partial charge in [0.15, 0.2) is 6.29 Å². The third kappa shape index (κ3) is 3.54. The van der Waals surface area contributed by atoms with Gasteiger partial charge in [-0.25, -0.2) is 4.79 Å². The van der Waals surface area contributed by atoms with E-state index in [0.29, 0.717) is 6.61 Å². The first kappa shape index (κ1) is 12.1. The van der Waals surface area contributed by atoms with Gasteiger partial charge in [0.05, 0.1) is 12.2 Å². The standard InChI is InChI=1S/C13H16O4/c14-13(15)11-5-3-4-10(8-11)9-17-12-6-1-2-7-16-12/h3-5,8,12H,1-2,6-7,9H2,(H,14,15). The molecule has 0 aliphatic carbocycles. The van der Waals surface area contributed by atoms with Gasteiger partial charge in [0.2, 0.25) is 0 Å². The summed E-state index contributed by atoms with van der Waals surface area (Å²) in [5, 5.41) is 8.86. The normalized spacial score (nSPS) is 20.1. The summed E-state index contributed by atoms with van der Waals surface area (Å²) >= 11 is 0. The maximum absolute atomic E-state index is 10.8. The number of carboxylic acids is 1. The molecule has 1 unspecified atom stereocenters. The van der Waals surface area contributed by atoms with E-state index in [9.17, 15) is 4.79 Å². The molecule has 0 amide bonds. The van der Waals surface area contributed by atoms with Gasteiger partial charge in [0, 0.05) is 6.61 Å². The van der Waals surface area contributed by atoms with Gasteiger partial charge in [-0.05, 0) is 37.0 Å². The third-order valence-corrected chi connectivity index (χ3v) is 2.75. The molecule has 1 heterocycles. The lowest BCUT2D eigenvalue weighted by Crippen LogP contribution is -2.22. The lowest BCUT2D eigenvalue weighted by atomic mass is 10.1. The van der Waals surface area contributed by atoms with Gasteiger partial charge in [-0.3, -0.25) is 0 Å². The predicted molar refractivity (Wildman–Crippen MR) is 61.8 cm³/mol. The highest BCUT2D eigenvalue weighted by Crippen LogP contribution is 2.16. The largest absolute Gasteiger partial charge is 0.478 e. The van der Waals surface area contributed by atoms with Crippen LogP contribution in [0.4, 0.5) is 0 Å². The van der Waals surface area contributed by atoms with E-state index >= 15 is 0 Å². The van der Waals surface area contributed by atoms with Crippen LogP contribution in [0.5, 0.6) is 0 Å². The van der Waals surface area contributed by atoms with Crippen molar-refractivity contribution in [3.05, 3.63) is 35.4 Å². The second-order valence-corrected chi connectivity index (χ2v) is 4.11. The van der Waals surface area contributed by atoms with Crippen molar-refractivity contribution in [3.63, 3.8) is 0 Å². The van der Waals surface area contributed by atoms with E-state index in [1.807, 2.05) is 6.07 Å². The lowest BCUT2D eigenvalue weighted by molar-refractivity contribution is -0.168. The Bertz CT molecular complexity index is 383. The predicted octanol–water partition coefficient (Wildman–Crippen LogP) is 2.43. The molecule has 92 valence electrons. The highest BCUT2D eigenvalue weighted by atomic mass is 16.7. The molecular weight excluding hydrogens is 220 g/mol. The molecule has 1 aromatic rings. The number of ether oxygens (including phenoxy) is 2. The van der Waals surface area contributed by atoms with Crippen LogP contribution < -0.4 is 0 Å². The number of benzene rings is 1. The van der Waals surface area contributed by atoms with E-state index in [1.165, 1.54) is 0 Å². The second-order valence-electron chi connectivity index (χ2n) is 4.11. The minimum Gasteiger partial charge on any atom is -0.478 e. The number of carbonyl (C=O) groups is 1. The topological polar surface area (TPSA) is 55.8 Å². The smallest absolute Gasteiger partial charge is 0.335 e. The highest BCUT2D eigenvalue weighted by Gasteiger charge is 2.14. The zero-order valence-corrected chi connectivity index (χ0v) is 9.59. The van der Waals surface area contributed by atoms with Crippen LogP contribution in [0, 0.1) is 0 Å². The Morgan fingerprint density at radius 3 is 3.06 bits per heavy atom. The second kappa shape index (κ2) is 5.80. The number of rotatable bonds is 4. The first-order chi connectivity index (χ1) is 8.25. The fourth-order valence-electron chi connectivity index (χ4n) is 1.83. The molecule has 1 aliphatic heterocycles. The summed E-state index contributed by atoms with van der Waals surface area (Å²) in [7, 11) is 0. The summed E-state index contributed by atoms with van der Waals surface area (Å²) < 4.78 is 11.0. The van der Waals surface area contributed by atoms with Crippen LogP contribution in [-0.4, -0.2) is 24.0 Å². The molecule has 4 nitrogen and oxygen atoms in total. The van der Waals surface area contributed by atoms with Crippen molar-refractivity contribution in [1.29, 1.82) is 0 Å². The van der Waals surface area contributed by atoms with Gasteiger partial charge in [0.25, 0.3) is 0 Å². The molecule has 1 aliphatic rings. The summed E-state index contributed by atoms with van der Waals surface area (Å²) in [6, 6.07) is 6.78.